The molecule has 2 aromatic rings. The van der Waals surface area contributed by atoms with Crippen LogP contribution in [0.25, 0.3) is 0 Å². The summed E-state index contributed by atoms with van der Waals surface area (Å²) in [7, 11) is 1.84. The van der Waals surface area contributed by atoms with E-state index in [0.717, 1.165) is 23.7 Å². The van der Waals surface area contributed by atoms with E-state index in [4.69, 9.17) is 4.74 Å². The minimum Gasteiger partial charge on any atom is -0.493 e. The van der Waals surface area contributed by atoms with E-state index in [-0.39, 0.29) is 0 Å². The Morgan fingerprint density at radius 3 is 3.00 bits per heavy atom. The number of hydrogen-bond acceptors (Lipinski definition) is 5. The predicted octanol–water partition coefficient (Wildman–Crippen LogP) is 2.51. The van der Waals surface area contributed by atoms with Crippen molar-refractivity contribution < 1.29 is 4.74 Å². The fourth-order valence-electron chi connectivity index (χ4n) is 1.47. The third-order valence-electron chi connectivity index (χ3n) is 2.43. The molecule has 5 heteroatoms. The molecule has 2 heterocycles. The van der Waals surface area contributed by atoms with Gasteiger partial charge in [-0.15, -0.1) is 11.3 Å². The van der Waals surface area contributed by atoms with Gasteiger partial charge in [-0.2, -0.15) is 0 Å². The number of rotatable bonds is 5. The highest BCUT2D eigenvalue weighted by Crippen LogP contribution is 2.16. The van der Waals surface area contributed by atoms with E-state index in [1.165, 1.54) is 4.88 Å². The molecule has 90 valence electrons. The smallest absolute Gasteiger partial charge is 0.129 e. The van der Waals surface area contributed by atoms with E-state index in [1.54, 1.807) is 17.5 Å². The van der Waals surface area contributed by atoms with Crippen LogP contribution in [0.5, 0.6) is 5.75 Å². The Morgan fingerprint density at radius 2 is 2.29 bits per heavy atom. The summed E-state index contributed by atoms with van der Waals surface area (Å²) in [6.45, 7) is 2.69. The molecule has 0 atom stereocenters. The fraction of sp³-hybridized carbons (Fsp3) is 0.333. The third-order valence-corrected chi connectivity index (χ3v) is 3.43. The topological polar surface area (TPSA) is 47.0 Å². The van der Waals surface area contributed by atoms with E-state index in [9.17, 15) is 0 Å². The lowest BCUT2D eigenvalue weighted by Gasteiger charge is -2.06. The summed E-state index contributed by atoms with van der Waals surface area (Å²) in [6.07, 6.45) is 2.63. The van der Waals surface area contributed by atoms with Crippen molar-refractivity contribution in [3.63, 3.8) is 0 Å². The van der Waals surface area contributed by atoms with E-state index in [1.807, 2.05) is 31.6 Å². The highest BCUT2D eigenvalue weighted by molar-refractivity contribution is 7.09. The predicted molar refractivity (Wildman–Crippen MR) is 69.8 cm³/mol. The van der Waals surface area contributed by atoms with Crippen molar-refractivity contribution in [1.29, 1.82) is 0 Å². The second-order valence-electron chi connectivity index (χ2n) is 3.59. The van der Waals surface area contributed by atoms with Gasteiger partial charge in [0.2, 0.25) is 0 Å². The highest BCUT2D eigenvalue weighted by Gasteiger charge is 2.02. The van der Waals surface area contributed by atoms with Crippen molar-refractivity contribution in [1.82, 2.24) is 9.97 Å². The number of thiazole rings is 1. The minimum absolute atomic E-state index is 0.663. The standard InChI is InChI=1S/C12H15N3OS/c1-9-11(17-8-15-9)4-6-16-10-3-5-14-12(7-10)13-2/h3,5,7-8H,4,6H2,1-2H3,(H,13,14). The summed E-state index contributed by atoms with van der Waals surface area (Å²) in [5.41, 5.74) is 2.97. The number of aromatic nitrogens is 2. The Bertz CT molecular complexity index is 484. The lowest BCUT2D eigenvalue weighted by Crippen LogP contribution is -2.02. The zero-order valence-electron chi connectivity index (χ0n) is 9.93. The normalized spacial score (nSPS) is 10.2. The van der Waals surface area contributed by atoms with Crippen molar-refractivity contribution in [2.24, 2.45) is 0 Å². The van der Waals surface area contributed by atoms with Crippen LogP contribution in [-0.4, -0.2) is 23.6 Å². The number of aryl methyl sites for hydroxylation is 1. The molecule has 0 saturated carbocycles. The SMILES string of the molecule is CNc1cc(OCCc2scnc2C)ccn1. The number of pyridine rings is 1. The zero-order valence-corrected chi connectivity index (χ0v) is 10.8. The first-order chi connectivity index (χ1) is 8.29. The molecule has 0 saturated heterocycles. The molecule has 0 aliphatic carbocycles. The summed E-state index contributed by atoms with van der Waals surface area (Å²) in [4.78, 5) is 9.63. The molecule has 2 aromatic heterocycles. The quantitative estimate of drug-likeness (QED) is 0.884. The van der Waals surface area contributed by atoms with Crippen molar-refractivity contribution >= 4 is 17.2 Å². The summed E-state index contributed by atoms with van der Waals surface area (Å²) >= 11 is 1.68. The first kappa shape index (κ1) is 11.9. The summed E-state index contributed by atoms with van der Waals surface area (Å²) in [5.74, 6) is 1.66. The van der Waals surface area contributed by atoms with Gasteiger partial charge in [0.1, 0.15) is 11.6 Å². The van der Waals surface area contributed by atoms with Gasteiger partial charge in [0.05, 0.1) is 17.8 Å². The first-order valence-corrected chi connectivity index (χ1v) is 6.33. The molecule has 0 bridgehead atoms. The lowest BCUT2D eigenvalue weighted by atomic mass is 10.3. The van der Waals surface area contributed by atoms with E-state index in [2.05, 4.69) is 15.3 Å². The molecule has 0 aromatic carbocycles. The molecule has 0 radical (unpaired) electrons. The second kappa shape index (κ2) is 5.63. The zero-order chi connectivity index (χ0) is 12.1. The van der Waals surface area contributed by atoms with Gasteiger partial charge in [0.15, 0.2) is 0 Å². The Balaban J connectivity index is 1.87. The van der Waals surface area contributed by atoms with Gasteiger partial charge in [-0.05, 0) is 13.0 Å². The van der Waals surface area contributed by atoms with Crippen LogP contribution in [-0.2, 0) is 6.42 Å². The molecule has 17 heavy (non-hydrogen) atoms. The van der Waals surface area contributed by atoms with Gasteiger partial charge in [-0.25, -0.2) is 9.97 Å². The van der Waals surface area contributed by atoms with Crippen LogP contribution in [0, 0.1) is 6.92 Å². The molecule has 4 nitrogen and oxygen atoms in total. The first-order valence-electron chi connectivity index (χ1n) is 5.45. The Morgan fingerprint density at radius 1 is 1.41 bits per heavy atom. The Labute approximate surface area is 105 Å². The van der Waals surface area contributed by atoms with E-state index >= 15 is 0 Å². The molecule has 2 rings (SSSR count). The molecule has 0 aliphatic rings. The molecule has 1 N–H and O–H groups in total. The van der Waals surface area contributed by atoms with Gasteiger partial charge in [0.25, 0.3) is 0 Å². The molecule has 0 aliphatic heterocycles. The van der Waals surface area contributed by atoms with Crippen molar-refractivity contribution in [3.05, 3.63) is 34.4 Å². The van der Waals surface area contributed by atoms with Crippen LogP contribution in [0.4, 0.5) is 5.82 Å². The average molecular weight is 249 g/mol. The molecular formula is C12H15N3OS. The highest BCUT2D eigenvalue weighted by atomic mass is 32.1. The monoisotopic (exact) mass is 249 g/mol. The van der Waals surface area contributed by atoms with E-state index in [0.29, 0.717) is 6.61 Å². The van der Waals surface area contributed by atoms with Gasteiger partial charge in [-0.3, -0.25) is 0 Å². The van der Waals surface area contributed by atoms with Crippen molar-refractivity contribution in [3.8, 4) is 5.75 Å². The maximum absolute atomic E-state index is 5.68. The van der Waals surface area contributed by atoms with Gasteiger partial charge in [0, 0.05) is 30.6 Å². The van der Waals surface area contributed by atoms with Crippen molar-refractivity contribution in [2.75, 3.05) is 19.0 Å². The Kier molecular flexibility index (Phi) is 3.93. The van der Waals surface area contributed by atoms with Crippen LogP contribution in [0.3, 0.4) is 0 Å². The molecular weight excluding hydrogens is 234 g/mol. The molecule has 0 spiro atoms. The van der Waals surface area contributed by atoms with Crippen molar-refractivity contribution in [2.45, 2.75) is 13.3 Å². The van der Waals surface area contributed by atoms with E-state index < -0.39 is 0 Å². The Hall–Kier alpha value is -1.62. The van der Waals surface area contributed by atoms with Crippen LogP contribution >= 0.6 is 11.3 Å². The number of nitrogens with one attached hydrogen (secondary N) is 1. The number of anilines is 1. The number of nitrogens with zero attached hydrogens (tertiary/aromatic N) is 2. The van der Waals surface area contributed by atoms with Crippen LogP contribution in [0.1, 0.15) is 10.6 Å². The third kappa shape index (κ3) is 3.17. The number of ether oxygens (including phenoxy) is 1. The molecule has 0 amide bonds. The average Bonchev–Trinajstić information content (AvgIpc) is 2.76. The lowest BCUT2D eigenvalue weighted by molar-refractivity contribution is 0.322. The summed E-state index contributed by atoms with van der Waals surface area (Å²) in [6, 6.07) is 3.75. The second-order valence-corrected chi connectivity index (χ2v) is 4.53. The maximum atomic E-state index is 5.68. The summed E-state index contributed by atoms with van der Waals surface area (Å²) < 4.78 is 5.68. The van der Waals surface area contributed by atoms with Crippen LogP contribution < -0.4 is 10.1 Å². The van der Waals surface area contributed by atoms with Crippen LogP contribution in [0.15, 0.2) is 23.8 Å². The molecule has 0 fully saturated rings. The maximum Gasteiger partial charge on any atom is 0.129 e. The van der Waals surface area contributed by atoms with Gasteiger partial charge >= 0.3 is 0 Å². The van der Waals surface area contributed by atoms with Gasteiger partial charge < -0.3 is 10.1 Å². The largest absolute Gasteiger partial charge is 0.493 e. The molecule has 0 unspecified atom stereocenters. The van der Waals surface area contributed by atoms with Gasteiger partial charge in [-0.1, -0.05) is 0 Å². The summed E-state index contributed by atoms with van der Waals surface area (Å²) in [5, 5.41) is 2.98. The minimum atomic E-state index is 0.663. The van der Waals surface area contributed by atoms with Crippen LogP contribution in [0.2, 0.25) is 0 Å². The number of hydrogen-bond donors (Lipinski definition) is 1. The fourth-order valence-corrected chi connectivity index (χ4v) is 2.23.